The minimum atomic E-state index is -3.16. The molecule has 9 heteroatoms. The Labute approximate surface area is 335 Å². The lowest BCUT2D eigenvalue weighted by Gasteiger charge is -2.22. The molecule has 0 bridgehead atoms. The van der Waals surface area contributed by atoms with Gasteiger partial charge in [0.2, 0.25) is 10.0 Å². The van der Waals surface area contributed by atoms with E-state index in [2.05, 4.69) is 30.4 Å². The van der Waals surface area contributed by atoms with Crippen molar-refractivity contribution in [1.29, 1.82) is 0 Å². The van der Waals surface area contributed by atoms with E-state index in [4.69, 9.17) is 9.47 Å². The van der Waals surface area contributed by atoms with Gasteiger partial charge in [-0.15, -0.1) is 0 Å². The molecule has 0 aliphatic carbocycles. The summed E-state index contributed by atoms with van der Waals surface area (Å²) in [7, 11) is -3.16. The summed E-state index contributed by atoms with van der Waals surface area (Å²) in [4.78, 5) is 27.3. The number of esters is 2. The maximum Gasteiger partial charge on any atom is 0.306 e. The van der Waals surface area contributed by atoms with Gasteiger partial charge in [0, 0.05) is 19.4 Å². The van der Waals surface area contributed by atoms with Crippen LogP contribution in [0, 0.1) is 0 Å². The molecular weight excluding hydrogens is 697 g/mol. The molecular formula is C45H90N2O6S. The van der Waals surface area contributed by atoms with Crippen molar-refractivity contribution in [3.63, 3.8) is 0 Å². The van der Waals surface area contributed by atoms with Crippen molar-refractivity contribution in [3.8, 4) is 0 Å². The Bertz CT molecular complexity index is 915. The quantitative estimate of drug-likeness (QED) is 0.0485. The number of rotatable bonds is 43. The van der Waals surface area contributed by atoms with Gasteiger partial charge in [0.1, 0.15) is 6.10 Å². The number of nitrogens with one attached hydrogen (secondary N) is 1. The number of hydrogen-bond acceptors (Lipinski definition) is 7. The fourth-order valence-corrected chi connectivity index (χ4v) is 7.63. The second-order valence-corrected chi connectivity index (χ2v) is 17.9. The second kappa shape index (κ2) is 40.0. The Kier molecular flexibility index (Phi) is 39.1. The van der Waals surface area contributed by atoms with E-state index in [0.29, 0.717) is 26.0 Å². The molecule has 54 heavy (non-hydrogen) atoms. The number of unbranched alkanes of at least 4 members (excludes halogenated alkanes) is 23. The third kappa shape index (κ3) is 40.5. The summed E-state index contributed by atoms with van der Waals surface area (Å²) in [5.74, 6) is -0.0575. The highest BCUT2D eigenvalue weighted by Gasteiger charge is 2.14. The minimum Gasteiger partial charge on any atom is -0.466 e. The van der Waals surface area contributed by atoms with E-state index in [9.17, 15) is 18.0 Å². The largest absolute Gasteiger partial charge is 0.466 e. The van der Waals surface area contributed by atoms with Crippen LogP contribution in [-0.4, -0.2) is 70.4 Å². The van der Waals surface area contributed by atoms with Gasteiger partial charge in [0.05, 0.1) is 12.9 Å². The minimum absolute atomic E-state index is 0.00530. The summed E-state index contributed by atoms with van der Waals surface area (Å²) >= 11 is 0. The number of carbonyl (C=O) groups excluding carboxylic acids is 2. The molecule has 0 fully saturated rings. The molecule has 8 nitrogen and oxygen atoms in total. The van der Waals surface area contributed by atoms with Gasteiger partial charge in [0.15, 0.2) is 0 Å². The normalized spacial score (nSPS) is 11.9. The average molecular weight is 787 g/mol. The Balaban J connectivity index is 4.32. The number of sulfonamides is 1. The van der Waals surface area contributed by atoms with Crippen molar-refractivity contribution < 1.29 is 27.5 Å². The van der Waals surface area contributed by atoms with E-state index in [1.54, 1.807) is 0 Å². The molecule has 0 aliphatic heterocycles. The lowest BCUT2D eigenvalue weighted by Crippen LogP contribution is -2.31. The third-order valence-corrected chi connectivity index (χ3v) is 11.3. The van der Waals surface area contributed by atoms with Crippen LogP contribution in [0.2, 0.25) is 0 Å². The fourth-order valence-electron chi connectivity index (χ4n) is 7.12. The lowest BCUT2D eigenvalue weighted by atomic mass is 10.0. The zero-order chi connectivity index (χ0) is 39.8. The van der Waals surface area contributed by atoms with Crippen molar-refractivity contribution >= 4 is 22.0 Å². The predicted molar refractivity (Wildman–Crippen MR) is 230 cm³/mol. The molecule has 0 amide bonds. The van der Waals surface area contributed by atoms with E-state index in [1.165, 1.54) is 109 Å². The van der Waals surface area contributed by atoms with Gasteiger partial charge in [0.25, 0.3) is 0 Å². The summed E-state index contributed by atoms with van der Waals surface area (Å²) in [5.41, 5.74) is 0. The van der Waals surface area contributed by atoms with Crippen LogP contribution in [0.5, 0.6) is 0 Å². The van der Waals surface area contributed by atoms with Crippen molar-refractivity contribution in [3.05, 3.63) is 0 Å². The highest BCUT2D eigenvalue weighted by atomic mass is 32.2. The molecule has 0 heterocycles. The monoisotopic (exact) mass is 787 g/mol. The molecule has 322 valence electrons. The highest BCUT2D eigenvalue weighted by molar-refractivity contribution is 7.88. The van der Waals surface area contributed by atoms with Gasteiger partial charge < -0.3 is 14.4 Å². The number of ether oxygens (including phenoxy) is 2. The standard InChI is InChI=1S/C45H90N2O6S/c1-5-8-11-14-19-26-34-43(35-27-20-15-12-9-6-2)53-45(49)37-29-22-18-24-31-40-47(41-33-38-46-54(4,50)51)39-30-23-17-21-28-36-44(48)52-42-32-25-16-13-10-7-3/h43,46H,5-42H2,1-4H3. The van der Waals surface area contributed by atoms with Crippen molar-refractivity contribution in [2.75, 3.05) is 39.0 Å². The molecule has 0 aliphatic rings. The molecule has 0 spiro atoms. The molecule has 0 rings (SSSR count). The molecule has 0 saturated heterocycles. The molecule has 0 saturated carbocycles. The molecule has 0 radical (unpaired) electrons. The molecule has 0 aromatic carbocycles. The third-order valence-electron chi connectivity index (χ3n) is 10.5. The van der Waals surface area contributed by atoms with Crippen molar-refractivity contribution in [2.24, 2.45) is 0 Å². The molecule has 0 unspecified atom stereocenters. The molecule has 0 aromatic heterocycles. The first-order valence-corrected chi connectivity index (χ1v) is 25.1. The van der Waals surface area contributed by atoms with E-state index in [0.717, 1.165) is 116 Å². The van der Waals surface area contributed by atoms with Crippen LogP contribution in [0.3, 0.4) is 0 Å². The van der Waals surface area contributed by atoms with Gasteiger partial charge in [-0.3, -0.25) is 9.59 Å². The number of nitrogens with zero attached hydrogens (tertiary/aromatic N) is 1. The van der Waals surface area contributed by atoms with Crippen molar-refractivity contribution in [2.45, 2.75) is 239 Å². The Morgan fingerprint density at radius 2 is 0.889 bits per heavy atom. The van der Waals surface area contributed by atoms with Crippen LogP contribution in [-0.2, 0) is 29.1 Å². The maximum absolute atomic E-state index is 12.8. The SMILES string of the molecule is CCCCCCCCOC(=O)CCCCCCCN(CCCCCCCC(=O)OC(CCCCCCCC)CCCCCCCC)CCCNS(C)(=O)=O. The van der Waals surface area contributed by atoms with E-state index in [1.807, 2.05) is 0 Å². The fraction of sp³-hybridized carbons (Fsp3) is 0.956. The van der Waals surface area contributed by atoms with Gasteiger partial charge in [-0.2, -0.15) is 0 Å². The first-order chi connectivity index (χ1) is 26.2. The van der Waals surface area contributed by atoms with Crippen LogP contribution < -0.4 is 4.72 Å². The van der Waals surface area contributed by atoms with Crippen LogP contribution in [0.1, 0.15) is 233 Å². The Hall–Kier alpha value is -1.19. The van der Waals surface area contributed by atoms with Gasteiger partial charge >= 0.3 is 11.9 Å². The summed E-state index contributed by atoms with van der Waals surface area (Å²) in [5, 5.41) is 0. The highest BCUT2D eigenvalue weighted by Crippen LogP contribution is 2.18. The van der Waals surface area contributed by atoms with E-state index < -0.39 is 10.0 Å². The van der Waals surface area contributed by atoms with Crippen molar-refractivity contribution in [1.82, 2.24) is 9.62 Å². The second-order valence-electron chi connectivity index (χ2n) is 16.1. The molecule has 0 atom stereocenters. The van der Waals surface area contributed by atoms with Gasteiger partial charge in [-0.05, 0) is 83.8 Å². The van der Waals surface area contributed by atoms with Crippen LogP contribution in [0.4, 0.5) is 0 Å². The number of carbonyl (C=O) groups is 2. The predicted octanol–water partition coefficient (Wildman–Crippen LogP) is 12.2. The first kappa shape index (κ1) is 52.8. The Morgan fingerprint density at radius 1 is 0.500 bits per heavy atom. The molecule has 0 aromatic rings. The smallest absolute Gasteiger partial charge is 0.306 e. The summed E-state index contributed by atoms with van der Waals surface area (Å²) < 4.78 is 37.1. The topological polar surface area (TPSA) is 102 Å². The van der Waals surface area contributed by atoms with Gasteiger partial charge in [-0.25, -0.2) is 13.1 Å². The van der Waals surface area contributed by atoms with Crippen LogP contribution in [0.25, 0.3) is 0 Å². The Morgan fingerprint density at radius 3 is 1.37 bits per heavy atom. The first-order valence-electron chi connectivity index (χ1n) is 23.2. The zero-order valence-corrected chi connectivity index (χ0v) is 37.1. The van der Waals surface area contributed by atoms with Crippen LogP contribution in [0.15, 0.2) is 0 Å². The zero-order valence-electron chi connectivity index (χ0n) is 36.3. The summed E-state index contributed by atoms with van der Waals surface area (Å²) in [6, 6.07) is 0. The van der Waals surface area contributed by atoms with E-state index in [-0.39, 0.29) is 18.0 Å². The summed E-state index contributed by atoms with van der Waals surface area (Å²) in [6.07, 6.45) is 38.3. The van der Waals surface area contributed by atoms with Crippen LogP contribution >= 0.6 is 0 Å². The maximum atomic E-state index is 12.8. The number of hydrogen-bond donors (Lipinski definition) is 1. The molecule has 1 N–H and O–H groups in total. The average Bonchev–Trinajstić information content (AvgIpc) is 3.14. The summed E-state index contributed by atoms with van der Waals surface area (Å²) in [6.45, 7) is 10.7. The van der Waals surface area contributed by atoms with Gasteiger partial charge in [-0.1, -0.05) is 156 Å². The lowest BCUT2D eigenvalue weighted by molar-refractivity contribution is -0.150. The van der Waals surface area contributed by atoms with E-state index >= 15 is 0 Å².